The van der Waals surface area contributed by atoms with Gasteiger partial charge in [-0.2, -0.15) is 0 Å². The molecule has 2 aromatic rings. The second-order valence-corrected chi connectivity index (χ2v) is 5.33. The molecule has 0 aromatic carbocycles. The number of aliphatic imine (C=N–C) groups is 1. The van der Waals surface area contributed by atoms with E-state index in [1.165, 1.54) is 10.8 Å². The lowest BCUT2D eigenvalue weighted by atomic mass is 10.2. The number of aryl methyl sites for hydroxylation is 1. The Labute approximate surface area is 131 Å². The first-order valence-electron chi connectivity index (χ1n) is 6.64. The van der Waals surface area contributed by atoms with Crippen molar-refractivity contribution < 1.29 is 0 Å². The predicted octanol–water partition coefficient (Wildman–Crippen LogP) is 2.01. The van der Waals surface area contributed by atoms with E-state index in [0.717, 1.165) is 5.57 Å². The molecule has 0 spiro atoms. The number of halogens is 1. The van der Waals surface area contributed by atoms with Crippen LogP contribution in [0.1, 0.15) is 26.6 Å². The van der Waals surface area contributed by atoms with Gasteiger partial charge < -0.3 is 4.98 Å². The van der Waals surface area contributed by atoms with Crippen LogP contribution in [0.15, 0.2) is 31.8 Å². The normalized spacial score (nSPS) is 11.3. The van der Waals surface area contributed by atoms with Crippen LogP contribution < -0.4 is 11.2 Å². The van der Waals surface area contributed by atoms with Gasteiger partial charge in [-0.15, -0.1) is 0 Å². The van der Waals surface area contributed by atoms with Gasteiger partial charge >= 0.3 is 5.69 Å². The van der Waals surface area contributed by atoms with Crippen LogP contribution in [0, 0.1) is 0 Å². The van der Waals surface area contributed by atoms with Crippen LogP contribution in [0.2, 0.25) is 0 Å². The van der Waals surface area contributed by atoms with Crippen molar-refractivity contribution in [3.05, 3.63) is 43.8 Å². The Hall–Kier alpha value is -2.41. The van der Waals surface area contributed by atoms with Gasteiger partial charge in [-0.3, -0.25) is 19.3 Å². The number of aromatic nitrogens is 4. The van der Waals surface area contributed by atoms with Crippen molar-refractivity contribution in [2.45, 2.75) is 27.3 Å². The Morgan fingerprint density at radius 3 is 2.64 bits per heavy atom. The van der Waals surface area contributed by atoms with Gasteiger partial charge in [0.25, 0.3) is 5.56 Å². The summed E-state index contributed by atoms with van der Waals surface area (Å²) in [5, 5.41) is 0.276. The minimum absolute atomic E-state index is 0.232. The standard InChI is InChI=1S/C14H16ClN5O2/c1-5-20-12-10(13(21)19-14(20)22)17-11(18-12)9(7(2)3)16-6-8(4)15/h6H,4-5H2,1-3H3,(H,17,18)(H,19,21,22)/b16-6-. The third kappa shape index (κ3) is 2.94. The second-order valence-electron chi connectivity index (χ2n) is 4.84. The van der Waals surface area contributed by atoms with Crippen LogP contribution >= 0.6 is 11.6 Å². The molecular weight excluding hydrogens is 306 g/mol. The number of hydrogen-bond acceptors (Lipinski definition) is 4. The fraction of sp³-hybridized carbons (Fsp3) is 0.286. The van der Waals surface area contributed by atoms with Crippen molar-refractivity contribution in [2.24, 2.45) is 4.99 Å². The van der Waals surface area contributed by atoms with E-state index in [9.17, 15) is 9.59 Å². The van der Waals surface area contributed by atoms with Crippen LogP contribution in [0.3, 0.4) is 0 Å². The summed E-state index contributed by atoms with van der Waals surface area (Å²) in [6.45, 7) is 9.44. The highest BCUT2D eigenvalue weighted by atomic mass is 35.5. The summed E-state index contributed by atoms with van der Waals surface area (Å²) in [7, 11) is 0. The van der Waals surface area contributed by atoms with Crippen molar-refractivity contribution >= 4 is 34.7 Å². The average molecular weight is 322 g/mol. The summed E-state index contributed by atoms with van der Waals surface area (Å²) in [6, 6.07) is 0. The van der Waals surface area contributed by atoms with Gasteiger partial charge in [0.15, 0.2) is 11.5 Å². The molecule has 0 unspecified atom stereocenters. The molecule has 0 fully saturated rings. The molecule has 2 heterocycles. The fourth-order valence-corrected chi connectivity index (χ4v) is 2.06. The van der Waals surface area contributed by atoms with Crippen molar-refractivity contribution in [1.29, 1.82) is 0 Å². The van der Waals surface area contributed by atoms with Crippen LogP contribution in [0.5, 0.6) is 0 Å². The van der Waals surface area contributed by atoms with Gasteiger partial charge in [-0.05, 0) is 26.3 Å². The number of allylic oxidation sites excluding steroid dienone is 2. The maximum atomic E-state index is 11.9. The summed E-state index contributed by atoms with van der Waals surface area (Å²) >= 11 is 5.69. The smallest absolute Gasteiger partial charge is 0.330 e. The molecule has 8 heteroatoms. The molecule has 7 nitrogen and oxygen atoms in total. The minimum Gasteiger partial charge on any atom is -0.331 e. The molecular formula is C14H16ClN5O2. The van der Waals surface area contributed by atoms with Gasteiger partial charge in [0.1, 0.15) is 11.2 Å². The maximum Gasteiger partial charge on any atom is 0.330 e. The zero-order valence-corrected chi connectivity index (χ0v) is 13.3. The number of nitrogens with zero attached hydrogens (tertiary/aromatic N) is 3. The molecule has 116 valence electrons. The monoisotopic (exact) mass is 321 g/mol. The van der Waals surface area contributed by atoms with E-state index in [2.05, 4.69) is 26.5 Å². The number of aromatic amines is 2. The van der Waals surface area contributed by atoms with Crippen LogP contribution in [-0.4, -0.2) is 25.7 Å². The molecule has 0 bridgehead atoms. The number of hydrogen-bond donors (Lipinski definition) is 2. The van der Waals surface area contributed by atoms with Crippen molar-refractivity contribution in [3.8, 4) is 0 Å². The van der Waals surface area contributed by atoms with Crippen LogP contribution in [0.4, 0.5) is 0 Å². The zero-order chi connectivity index (χ0) is 16.4. The van der Waals surface area contributed by atoms with Crippen LogP contribution in [0.25, 0.3) is 16.9 Å². The van der Waals surface area contributed by atoms with E-state index in [1.54, 1.807) is 6.92 Å². The first kappa shape index (κ1) is 16.0. The third-order valence-electron chi connectivity index (χ3n) is 2.98. The summed E-state index contributed by atoms with van der Waals surface area (Å²) in [5.74, 6) is 0.391. The van der Waals surface area contributed by atoms with Crippen molar-refractivity contribution in [3.63, 3.8) is 0 Å². The van der Waals surface area contributed by atoms with E-state index in [-0.39, 0.29) is 10.5 Å². The summed E-state index contributed by atoms with van der Waals surface area (Å²) in [5.41, 5.74) is 0.930. The number of rotatable bonds is 4. The quantitative estimate of drug-likeness (QED) is 0.843. The molecule has 2 rings (SSSR count). The van der Waals surface area contributed by atoms with Crippen molar-refractivity contribution in [2.75, 3.05) is 0 Å². The summed E-state index contributed by atoms with van der Waals surface area (Å²) in [6.07, 6.45) is 1.40. The zero-order valence-electron chi connectivity index (χ0n) is 12.5. The Morgan fingerprint density at radius 2 is 2.09 bits per heavy atom. The molecule has 0 aliphatic carbocycles. The summed E-state index contributed by atoms with van der Waals surface area (Å²) < 4.78 is 1.38. The van der Waals surface area contributed by atoms with Crippen molar-refractivity contribution in [1.82, 2.24) is 19.5 Å². The van der Waals surface area contributed by atoms with Gasteiger partial charge in [0.05, 0.1) is 5.03 Å². The minimum atomic E-state index is -0.512. The summed E-state index contributed by atoms with van der Waals surface area (Å²) in [4.78, 5) is 37.4. The largest absolute Gasteiger partial charge is 0.331 e. The van der Waals surface area contributed by atoms with E-state index in [4.69, 9.17) is 11.6 Å². The molecule has 22 heavy (non-hydrogen) atoms. The SMILES string of the molecule is C=C(Cl)/C=N\C(=C(C)C)c1nc2c([nH]1)c(=O)[nH]c(=O)n2CC. The molecule has 2 N–H and O–H groups in total. The highest BCUT2D eigenvalue weighted by Crippen LogP contribution is 2.19. The highest BCUT2D eigenvalue weighted by molar-refractivity contribution is 6.39. The number of imidazole rings is 1. The Balaban J connectivity index is 2.75. The van der Waals surface area contributed by atoms with Gasteiger partial charge in [0.2, 0.25) is 0 Å². The molecule has 0 saturated carbocycles. The lowest BCUT2D eigenvalue weighted by Gasteiger charge is -2.00. The number of H-pyrrole nitrogens is 2. The molecule has 0 aliphatic heterocycles. The molecule has 0 saturated heterocycles. The van der Waals surface area contributed by atoms with Gasteiger partial charge in [-0.25, -0.2) is 9.78 Å². The molecule has 0 radical (unpaired) electrons. The van der Waals surface area contributed by atoms with E-state index >= 15 is 0 Å². The number of nitrogens with one attached hydrogen (secondary N) is 2. The lowest BCUT2D eigenvalue weighted by Crippen LogP contribution is -2.29. The predicted molar refractivity (Wildman–Crippen MR) is 88.4 cm³/mol. The molecule has 0 atom stereocenters. The maximum absolute atomic E-state index is 11.9. The van der Waals surface area contributed by atoms with Gasteiger partial charge in [0, 0.05) is 12.8 Å². The number of fused-ring (bicyclic) bond motifs is 1. The molecule has 0 amide bonds. The Bertz CT molecular complexity index is 909. The average Bonchev–Trinajstić information content (AvgIpc) is 2.83. The second kappa shape index (κ2) is 6.15. The molecule has 2 aromatic heterocycles. The fourth-order valence-electron chi connectivity index (χ4n) is 2.01. The third-order valence-corrected chi connectivity index (χ3v) is 3.08. The first-order valence-corrected chi connectivity index (χ1v) is 7.02. The van der Waals surface area contributed by atoms with E-state index in [0.29, 0.717) is 23.7 Å². The van der Waals surface area contributed by atoms with Crippen LogP contribution in [-0.2, 0) is 6.54 Å². The van der Waals surface area contributed by atoms with E-state index in [1.807, 2.05) is 13.8 Å². The first-order chi connectivity index (χ1) is 10.3. The van der Waals surface area contributed by atoms with E-state index < -0.39 is 11.2 Å². The van der Waals surface area contributed by atoms with Gasteiger partial charge in [-0.1, -0.05) is 18.2 Å². The molecule has 0 aliphatic rings. The lowest BCUT2D eigenvalue weighted by molar-refractivity contribution is 0.719. The highest BCUT2D eigenvalue weighted by Gasteiger charge is 2.14. The Kier molecular flexibility index (Phi) is 4.46. The topological polar surface area (TPSA) is 95.9 Å². The Morgan fingerprint density at radius 1 is 1.41 bits per heavy atom.